The van der Waals surface area contributed by atoms with Gasteiger partial charge in [-0.1, -0.05) is 45.8 Å². The van der Waals surface area contributed by atoms with Gasteiger partial charge < -0.3 is 20.3 Å². The van der Waals surface area contributed by atoms with Crippen LogP contribution in [0.2, 0.25) is 0 Å². The minimum absolute atomic E-state index is 0.157. The Balaban J connectivity index is 1.55. The smallest absolute Gasteiger partial charge is 0.230 e. The van der Waals surface area contributed by atoms with Gasteiger partial charge in [0.25, 0.3) is 0 Å². The largest absolute Gasteiger partial charge is 0.438 e. The Morgan fingerprint density at radius 3 is 2.53 bits per heavy atom. The highest BCUT2D eigenvalue weighted by Crippen LogP contribution is 2.30. The molecule has 34 heavy (non-hydrogen) atoms. The molecule has 2 heterocycles. The standard InChI is InChI=1S/C26H30N6O2/c1-6-16-11-20-21(12-17(16)7-2)28-15-29-24(20)33-19-10-8-9-18(13-19)30-25(27)31-23-14-22(34-32-23)26(3,4)5/h8-15H,6-7H2,1-5H3,(H3,27,30,31,32). The molecule has 0 unspecified atom stereocenters. The third kappa shape index (κ3) is 5.17. The van der Waals surface area contributed by atoms with E-state index in [4.69, 9.17) is 15.0 Å². The monoisotopic (exact) mass is 458 g/mol. The first kappa shape index (κ1) is 23.2. The van der Waals surface area contributed by atoms with Crippen molar-refractivity contribution >= 4 is 28.4 Å². The second-order valence-corrected chi connectivity index (χ2v) is 9.08. The van der Waals surface area contributed by atoms with E-state index < -0.39 is 0 Å². The van der Waals surface area contributed by atoms with Crippen molar-refractivity contribution in [2.45, 2.75) is 52.9 Å². The Kier molecular flexibility index (Phi) is 6.49. The number of aromatic nitrogens is 3. The highest BCUT2D eigenvalue weighted by Gasteiger charge is 2.19. The quantitative estimate of drug-likeness (QED) is 0.274. The van der Waals surface area contributed by atoms with Crippen LogP contribution in [0, 0.1) is 0 Å². The van der Waals surface area contributed by atoms with E-state index in [1.807, 2.05) is 45.0 Å². The summed E-state index contributed by atoms with van der Waals surface area (Å²) in [6.45, 7) is 10.4. The number of hydrogen-bond acceptors (Lipinski definition) is 6. The van der Waals surface area contributed by atoms with Crippen molar-refractivity contribution in [2.24, 2.45) is 10.7 Å². The normalized spacial score (nSPS) is 12.2. The van der Waals surface area contributed by atoms with Gasteiger partial charge in [0.2, 0.25) is 5.88 Å². The van der Waals surface area contributed by atoms with Gasteiger partial charge in [-0.2, -0.15) is 4.99 Å². The molecular formula is C26H30N6O2. The van der Waals surface area contributed by atoms with Crippen molar-refractivity contribution in [3.8, 4) is 11.6 Å². The van der Waals surface area contributed by atoms with Crippen LogP contribution >= 0.6 is 0 Å². The van der Waals surface area contributed by atoms with E-state index in [9.17, 15) is 0 Å². The van der Waals surface area contributed by atoms with E-state index in [1.54, 1.807) is 6.07 Å². The number of benzene rings is 2. The summed E-state index contributed by atoms with van der Waals surface area (Å²) in [4.78, 5) is 13.1. The van der Waals surface area contributed by atoms with Crippen molar-refractivity contribution < 1.29 is 9.26 Å². The molecule has 0 amide bonds. The first-order chi connectivity index (χ1) is 16.3. The first-order valence-corrected chi connectivity index (χ1v) is 11.4. The highest BCUT2D eigenvalue weighted by molar-refractivity contribution is 5.94. The van der Waals surface area contributed by atoms with Crippen molar-refractivity contribution in [1.29, 1.82) is 0 Å². The number of aryl methyl sites for hydroxylation is 2. The Morgan fingerprint density at radius 2 is 1.82 bits per heavy atom. The molecule has 8 nitrogen and oxygen atoms in total. The van der Waals surface area contributed by atoms with Gasteiger partial charge in [0.1, 0.15) is 17.8 Å². The summed E-state index contributed by atoms with van der Waals surface area (Å²) in [5, 5.41) is 7.93. The van der Waals surface area contributed by atoms with Gasteiger partial charge >= 0.3 is 0 Å². The molecule has 3 N–H and O–H groups in total. The van der Waals surface area contributed by atoms with Crippen molar-refractivity contribution in [3.63, 3.8) is 0 Å². The van der Waals surface area contributed by atoms with Crippen molar-refractivity contribution in [1.82, 2.24) is 15.1 Å². The lowest BCUT2D eigenvalue weighted by atomic mass is 9.93. The molecule has 0 aliphatic carbocycles. The number of rotatable bonds is 6. The first-order valence-electron chi connectivity index (χ1n) is 11.4. The van der Waals surface area contributed by atoms with Crippen molar-refractivity contribution in [2.75, 3.05) is 5.32 Å². The Labute approximate surface area is 199 Å². The number of aliphatic imine (C=N–C) groups is 1. The van der Waals surface area contributed by atoms with E-state index >= 15 is 0 Å². The van der Waals surface area contributed by atoms with Gasteiger partial charge in [-0.15, -0.1) is 0 Å². The van der Waals surface area contributed by atoms with Crippen LogP contribution in [0.1, 0.15) is 51.5 Å². The van der Waals surface area contributed by atoms with E-state index in [2.05, 4.69) is 51.4 Å². The second kappa shape index (κ2) is 9.51. The molecule has 4 aromatic rings. The fourth-order valence-corrected chi connectivity index (χ4v) is 3.63. The maximum Gasteiger partial charge on any atom is 0.230 e. The molecule has 0 spiro atoms. The number of hydrogen-bond donors (Lipinski definition) is 2. The fraction of sp³-hybridized carbons (Fsp3) is 0.308. The third-order valence-corrected chi connectivity index (χ3v) is 5.47. The molecule has 0 fully saturated rings. The maximum absolute atomic E-state index is 6.15. The summed E-state index contributed by atoms with van der Waals surface area (Å²) in [6, 6.07) is 13.5. The number of ether oxygens (including phenoxy) is 1. The number of nitrogens with one attached hydrogen (secondary N) is 1. The van der Waals surface area contributed by atoms with Crippen LogP contribution in [-0.2, 0) is 18.3 Å². The zero-order valence-corrected chi connectivity index (χ0v) is 20.2. The third-order valence-electron chi connectivity index (χ3n) is 5.47. The maximum atomic E-state index is 6.15. The summed E-state index contributed by atoms with van der Waals surface area (Å²) in [7, 11) is 0. The van der Waals surface area contributed by atoms with Crippen LogP contribution in [0.5, 0.6) is 11.6 Å². The molecule has 176 valence electrons. The van der Waals surface area contributed by atoms with E-state index in [-0.39, 0.29) is 11.4 Å². The molecule has 8 heteroatoms. The minimum atomic E-state index is -0.157. The number of fused-ring (bicyclic) bond motifs is 1. The van der Waals surface area contributed by atoms with Gasteiger partial charge in [0, 0.05) is 23.2 Å². The molecule has 0 aliphatic heterocycles. The van der Waals surface area contributed by atoms with Gasteiger partial charge in [-0.05, 0) is 48.2 Å². The predicted octanol–water partition coefficient (Wildman–Crippen LogP) is 5.89. The molecule has 0 saturated heterocycles. The topological polar surface area (TPSA) is 111 Å². The molecule has 4 rings (SSSR count). The van der Waals surface area contributed by atoms with Crippen LogP contribution in [0.15, 0.2) is 58.3 Å². The number of guanidine groups is 1. The SMILES string of the molecule is CCc1cc2ncnc(Oc3cccc(NC(N)=Nc4cc(C(C)(C)C)on4)c3)c2cc1CC. The van der Waals surface area contributed by atoms with Gasteiger partial charge in [-0.25, -0.2) is 9.97 Å². The fourth-order valence-electron chi connectivity index (χ4n) is 3.63. The van der Waals surface area contributed by atoms with Crippen LogP contribution in [-0.4, -0.2) is 21.1 Å². The second-order valence-electron chi connectivity index (χ2n) is 9.08. The van der Waals surface area contributed by atoms with E-state index in [0.717, 1.165) is 35.2 Å². The van der Waals surface area contributed by atoms with Gasteiger partial charge in [0.15, 0.2) is 11.8 Å². The lowest BCUT2D eigenvalue weighted by molar-refractivity contribution is 0.330. The average Bonchev–Trinajstić information content (AvgIpc) is 3.27. The summed E-state index contributed by atoms with van der Waals surface area (Å²) < 4.78 is 11.5. The summed E-state index contributed by atoms with van der Waals surface area (Å²) in [6.07, 6.45) is 3.43. The Hall–Kier alpha value is -3.94. The lowest BCUT2D eigenvalue weighted by Gasteiger charge is -2.12. The number of anilines is 1. The Morgan fingerprint density at radius 1 is 1.06 bits per heavy atom. The molecule has 0 saturated carbocycles. The van der Waals surface area contributed by atoms with Crippen LogP contribution < -0.4 is 15.8 Å². The molecule has 2 aromatic carbocycles. The molecule has 0 radical (unpaired) electrons. The highest BCUT2D eigenvalue weighted by atomic mass is 16.5. The Bertz CT molecular complexity index is 1340. The number of nitrogens with two attached hydrogens (primary N) is 1. The van der Waals surface area contributed by atoms with Crippen LogP contribution in [0.3, 0.4) is 0 Å². The zero-order chi connectivity index (χ0) is 24.3. The van der Waals surface area contributed by atoms with Gasteiger partial charge in [0.05, 0.1) is 10.9 Å². The molecule has 0 bridgehead atoms. The van der Waals surface area contributed by atoms with E-state index in [1.165, 1.54) is 17.5 Å². The summed E-state index contributed by atoms with van der Waals surface area (Å²) in [5.41, 5.74) is 10.1. The van der Waals surface area contributed by atoms with Crippen molar-refractivity contribution in [3.05, 3.63) is 65.7 Å². The average molecular weight is 459 g/mol. The van der Waals surface area contributed by atoms with E-state index in [0.29, 0.717) is 17.4 Å². The summed E-state index contributed by atoms with van der Waals surface area (Å²) in [5.74, 6) is 2.47. The zero-order valence-electron chi connectivity index (χ0n) is 20.2. The molecule has 2 aromatic heterocycles. The van der Waals surface area contributed by atoms with Crippen LogP contribution in [0.25, 0.3) is 10.9 Å². The number of nitrogens with zero attached hydrogens (tertiary/aromatic N) is 4. The lowest BCUT2D eigenvalue weighted by Crippen LogP contribution is -2.21. The summed E-state index contributed by atoms with van der Waals surface area (Å²) >= 11 is 0. The van der Waals surface area contributed by atoms with Gasteiger partial charge in [-0.3, -0.25) is 0 Å². The molecule has 0 aliphatic rings. The predicted molar refractivity (Wildman–Crippen MR) is 135 cm³/mol. The van der Waals surface area contributed by atoms with Crippen LogP contribution in [0.4, 0.5) is 11.5 Å². The minimum Gasteiger partial charge on any atom is -0.438 e. The molecule has 0 atom stereocenters. The molecular weight excluding hydrogens is 428 g/mol.